The van der Waals surface area contributed by atoms with Crippen LogP contribution in [0.2, 0.25) is 0 Å². The van der Waals surface area contributed by atoms with Crippen LogP contribution in [0.15, 0.2) is 24.4 Å². The van der Waals surface area contributed by atoms with Crippen molar-refractivity contribution in [3.63, 3.8) is 0 Å². The van der Waals surface area contributed by atoms with Crippen molar-refractivity contribution < 1.29 is 14.3 Å². The fourth-order valence-corrected chi connectivity index (χ4v) is 4.30. The van der Waals surface area contributed by atoms with Gasteiger partial charge in [-0.3, -0.25) is 9.78 Å². The van der Waals surface area contributed by atoms with Crippen LogP contribution in [0.4, 0.5) is 0 Å². The number of rotatable bonds is 4. The number of aryl methyl sites for hydroxylation is 1. The Balaban J connectivity index is 1.65. The summed E-state index contributed by atoms with van der Waals surface area (Å²) in [6.07, 6.45) is 4.79. The van der Waals surface area contributed by atoms with Crippen LogP contribution in [0, 0.1) is 6.92 Å². The number of pyridine rings is 1. The Morgan fingerprint density at radius 2 is 2.00 bits per heavy atom. The number of hydrogen-bond donors (Lipinski definition) is 0. The molecule has 0 saturated carbocycles. The van der Waals surface area contributed by atoms with Crippen molar-refractivity contribution in [2.75, 3.05) is 6.61 Å². The molecule has 1 amide bonds. The number of likely N-dealkylation sites (tertiary alicyclic amines) is 1. The van der Waals surface area contributed by atoms with Crippen LogP contribution in [0.1, 0.15) is 48.5 Å². The maximum absolute atomic E-state index is 12.5. The van der Waals surface area contributed by atoms with Gasteiger partial charge in [0.25, 0.3) is 5.91 Å². The normalized spacial score (nSPS) is 20.0. The van der Waals surface area contributed by atoms with Gasteiger partial charge in [0, 0.05) is 18.3 Å². The van der Waals surface area contributed by atoms with Crippen LogP contribution in [0.5, 0.6) is 0 Å². The van der Waals surface area contributed by atoms with Gasteiger partial charge >= 0.3 is 5.97 Å². The Hall–Kier alpha value is -2.28. The molecular formula is C19H23N3O3S. The summed E-state index contributed by atoms with van der Waals surface area (Å²) in [6.45, 7) is 5.61. The lowest BCUT2D eigenvalue weighted by Gasteiger charge is -2.38. The molecule has 0 aromatic carbocycles. The molecule has 2 aromatic heterocycles. The van der Waals surface area contributed by atoms with Crippen molar-refractivity contribution in [3.05, 3.63) is 35.0 Å². The fourth-order valence-electron chi connectivity index (χ4n) is 3.36. The molecule has 1 aliphatic heterocycles. The van der Waals surface area contributed by atoms with E-state index in [0.717, 1.165) is 19.3 Å². The van der Waals surface area contributed by atoms with Crippen molar-refractivity contribution in [1.82, 2.24) is 14.9 Å². The zero-order chi connectivity index (χ0) is 18.7. The van der Waals surface area contributed by atoms with Crippen LogP contribution < -0.4 is 0 Å². The maximum atomic E-state index is 12.5. The summed E-state index contributed by atoms with van der Waals surface area (Å²) in [6, 6.07) is 5.91. The summed E-state index contributed by atoms with van der Waals surface area (Å²) >= 11 is 1.24. The summed E-state index contributed by atoms with van der Waals surface area (Å²) in [7, 11) is 0. The van der Waals surface area contributed by atoms with Gasteiger partial charge in [-0.15, -0.1) is 11.3 Å². The first kappa shape index (κ1) is 18.5. The van der Waals surface area contributed by atoms with Crippen LogP contribution in [0.3, 0.4) is 0 Å². The third-order valence-electron chi connectivity index (χ3n) is 4.67. The average Bonchev–Trinajstić information content (AvgIpc) is 3.02. The molecule has 26 heavy (non-hydrogen) atoms. The molecule has 0 unspecified atom stereocenters. The zero-order valence-electron chi connectivity index (χ0n) is 15.3. The first-order chi connectivity index (χ1) is 12.5. The van der Waals surface area contributed by atoms with Crippen molar-refractivity contribution in [3.8, 4) is 10.7 Å². The van der Waals surface area contributed by atoms with Crippen LogP contribution in [-0.2, 0) is 9.53 Å². The van der Waals surface area contributed by atoms with E-state index in [2.05, 4.69) is 9.97 Å². The lowest BCUT2D eigenvalue weighted by atomic mass is 9.97. The second kappa shape index (κ2) is 7.95. The van der Waals surface area contributed by atoms with Crippen molar-refractivity contribution in [2.24, 2.45) is 0 Å². The molecule has 2 aromatic rings. The van der Waals surface area contributed by atoms with Gasteiger partial charge in [-0.2, -0.15) is 0 Å². The number of nitrogens with zero attached hydrogens (tertiary/aromatic N) is 3. The van der Waals surface area contributed by atoms with E-state index < -0.39 is 5.97 Å². The summed E-state index contributed by atoms with van der Waals surface area (Å²) < 4.78 is 5.29. The first-order valence-electron chi connectivity index (χ1n) is 8.84. The van der Waals surface area contributed by atoms with Gasteiger partial charge in [-0.25, -0.2) is 9.78 Å². The molecule has 1 saturated heterocycles. The molecule has 2 atom stereocenters. The quantitative estimate of drug-likeness (QED) is 0.768. The number of amides is 1. The molecule has 0 radical (unpaired) electrons. The maximum Gasteiger partial charge on any atom is 0.350 e. The van der Waals surface area contributed by atoms with Crippen LogP contribution in [0.25, 0.3) is 10.7 Å². The number of hydrogen-bond acceptors (Lipinski definition) is 6. The average molecular weight is 373 g/mol. The lowest BCUT2D eigenvalue weighted by molar-refractivity contribution is -0.140. The highest BCUT2D eigenvalue weighted by Gasteiger charge is 2.29. The van der Waals surface area contributed by atoms with E-state index in [1.54, 1.807) is 13.1 Å². The van der Waals surface area contributed by atoms with Crippen LogP contribution >= 0.6 is 11.3 Å². The topological polar surface area (TPSA) is 72.4 Å². The summed E-state index contributed by atoms with van der Waals surface area (Å²) in [5.41, 5.74) is 1.31. The molecule has 6 nitrogen and oxygen atoms in total. The second-order valence-electron chi connectivity index (χ2n) is 6.65. The molecule has 0 aliphatic carbocycles. The highest BCUT2D eigenvalue weighted by Crippen LogP contribution is 2.27. The van der Waals surface area contributed by atoms with E-state index in [1.807, 2.05) is 36.9 Å². The standard InChI is InChI=1S/C19H23N3O3S/c1-12-7-6-8-13(2)22(12)16(23)11-25-19(24)17-14(3)21-18(26-17)15-9-4-5-10-20-15/h4-5,9-10,12-13H,6-8,11H2,1-3H3/t12-,13-/m0/s1. The Morgan fingerprint density at radius 3 is 2.65 bits per heavy atom. The van der Waals surface area contributed by atoms with E-state index in [4.69, 9.17) is 4.74 Å². The molecule has 0 N–H and O–H groups in total. The number of aromatic nitrogens is 2. The van der Waals surface area contributed by atoms with Gasteiger partial charge < -0.3 is 9.64 Å². The molecular weight excluding hydrogens is 350 g/mol. The molecule has 1 aliphatic rings. The summed E-state index contributed by atoms with van der Waals surface area (Å²) in [4.78, 5) is 35.8. The minimum atomic E-state index is -0.507. The Labute approximate surface area is 157 Å². The Bertz CT molecular complexity index is 781. The number of carbonyl (C=O) groups is 2. The molecule has 1 fully saturated rings. The smallest absolute Gasteiger partial charge is 0.350 e. The highest BCUT2D eigenvalue weighted by atomic mass is 32.1. The first-order valence-corrected chi connectivity index (χ1v) is 9.66. The zero-order valence-corrected chi connectivity index (χ0v) is 16.1. The molecule has 7 heteroatoms. The highest BCUT2D eigenvalue weighted by molar-refractivity contribution is 7.17. The molecule has 0 spiro atoms. The molecule has 3 heterocycles. The van der Waals surface area contributed by atoms with Gasteiger partial charge in [0.2, 0.25) is 0 Å². The van der Waals surface area contributed by atoms with E-state index in [1.165, 1.54) is 11.3 Å². The van der Waals surface area contributed by atoms with Crippen molar-refractivity contribution >= 4 is 23.2 Å². The fraction of sp³-hybridized carbons (Fsp3) is 0.474. The lowest BCUT2D eigenvalue weighted by Crippen LogP contribution is -2.49. The minimum Gasteiger partial charge on any atom is -0.451 e. The SMILES string of the molecule is Cc1nc(-c2ccccn2)sc1C(=O)OCC(=O)N1[C@@H](C)CCC[C@@H]1C. The van der Waals surface area contributed by atoms with E-state index in [9.17, 15) is 9.59 Å². The third-order valence-corrected chi connectivity index (χ3v) is 5.83. The Morgan fingerprint density at radius 1 is 1.27 bits per heavy atom. The molecule has 3 rings (SSSR count). The monoisotopic (exact) mass is 373 g/mol. The van der Waals surface area contributed by atoms with Gasteiger partial charge in [-0.1, -0.05) is 6.07 Å². The predicted molar refractivity (Wildman–Crippen MR) is 100.0 cm³/mol. The number of ether oxygens (including phenoxy) is 1. The number of esters is 1. The predicted octanol–water partition coefficient (Wildman–Crippen LogP) is 3.46. The van der Waals surface area contributed by atoms with Crippen molar-refractivity contribution in [1.29, 1.82) is 0 Å². The van der Waals surface area contributed by atoms with Gasteiger partial charge in [-0.05, 0) is 52.2 Å². The van der Waals surface area contributed by atoms with Crippen molar-refractivity contribution in [2.45, 2.75) is 52.1 Å². The van der Waals surface area contributed by atoms with E-state index in [0.29, 0.717) is 21.3 Å². The second-order valence-corrected chi connectivity index (χ2v) is 7.65. The van der Waals surface area contributed by atoms with E-state index in [-0.39, 0.29) is 24.6 Å². The Kier molecular flexibility index (Phi) is 5.66. The van der Waals surface area contributed by atoms with E-state index >= 15 is 0 Å². The number of piperidine rings is 1. The largest absolute Gasteiger partial charge is 0.451 e. The number of thiazole rings is 1. The molecule has 0 bridgehead atoms. The van der Waals surface area contributed by atoms with Gasteiger partial charge in [0.15, 0.2) is 6.61 Å². The summed E-state index contributed by atoms with van der Waals surface area (Å²) in [5.74, 6) is -0.641. The molecule has 138 valence electrons. The third kappa shape index (κ3) is 3.93. The van der Waals surface area contributed by atoms with Gasteiger partial charge in [0.1, 0.15) is 9.88 Å². The number of carbonyl (C=O) groups excluding carboxylic acids is 2. The van der Waals surface area contributed by atoms with Crippen LogP contribution in [-0.4, -0.2) is 45.4 Å². The minimum absolute atomic E-state index is 0.134. The van der Waals surface area contributed by atoms with Gasteiger partial charge in [0.05, 0.1) is 11.4 Å². The summed E-state index contributed by atoms with van der Waals surface area (Å²) in [5, 5.41) is 0.666.